The van der Waals surface area contributed by atoms with Crippen LogP contribution in [0.4, 0.5) is 18.9 Å². The number of carbonyl (C=O) groups excluding carboxylic acids is 2. The highest BCUT2D eigenvalue weighted by molar-refractivity contribution is 6.08. The van der Waals surface area contributed by atoms with E-state index >= 15 is 0 Å². The molecule has 0 aliphatic rings. The molecule has 144 valence electrons. The van der Waals surface area contributed by atoms with Crippen LogP contribution in [-0.2, 0) is 10.9 Å². The minimum Gasteiger partial charge on any atom is -0.493 e. The Kier molecular flexibility index (Phi) is 5.88. The van der Waals surface area contributed by atoms with Crippen molar-refractivity contribution in [3.63, 3.8) is 0 Å². The summed E-state index contributed by atoms with van der Waals surface area (Å²) >= 11 is 0. The molecular formula is C17H15F3N2O5. The van der Waals surface area contributed by atoms with Crippen molar-refractivity contribution >= 4 is 17.6 Å². The summed E-state index contributed by atoms with van der Waals surface area (Å²) in [5.74, 6) is -1.07. The van der Waals surface area contributed by atoms with Crippen molar-refractivity contribution < 1.29 is 37.0 Å². The first-order valence-electron chi connectivity index (χ1n) is 7.40. The molecule has 2 rings (SSSR count). The number of benzene rings is 1. The Hall–Kier alpha value is -3.30. The van der Waals surface area contributed by atoms with Crippen LogP contribution in [0.15, 0.2) is 30.5 Å². The lowest BCUT2D eigenvalue weighted by molar-refractivity contribution is -0.141. The molecule has 2 aromatic rings. The SMILES string of the molecule is COC(=O)c1cc(OC)c(OC)cc1NC(=O)c1ccc(C(F)(F)F)nc1. The molecule has 0 atom stereocenters. The van der Waals surface area contributed by atoms with Gasteiger partial charge in [-0.05, 0) is 12.1 Å². The molecule has 0 unspecified atom stereocenters. The number of carbonyl (C=O) groups is 2. The summed E-state index contributed by atoms with van der Waals surface area (Å²) in [5, 5.41) is 2.43. The van der Waals surface area contributed by atoms with Crippen molar-refractivity contribution in [1.29, 1.82) is 0 Å². The van der Waals surface area contributed by atoms with Crippen LogP contribution in [0.1, 0.15) is 26.4 Å². The number of methoxy groups -OCH3 is 3. The summed E-state index contributed by atoms with van der Waals surface area (Å²) < 4.78 is 52.6. The van der Waals surface area contributed by atoms with Crippen LogP contribution < -0.4 is 14.8 Å². The molecule has 0 aliphatic heterocycles. The van der Waals surface area contributed by atoms with Gasteiger partial charge in [0.2, 0.25) is 0 Å². The summed E-state index contributed by atoms with van der Waals surface area (Å²) in [5.41, 5.74) is -1.25. The molecule has 10 heteroatoms. The fourth-order valence-electron chi connectivity index (χ4n) is 2.15. The Bertz CT molecular complexity index is 851. The second-order valence-corrected chi connectivity index (χ2v) is 5.13. The summed E-state index contributed by atoms with van der Waals surface area (Å²) in [6.07, 6.45) is -3.83. The molecule has 1 aromatic heterocycles. The van der Waals surface area contributed by atoms with E-state index in [1.165, 1.54) is 26.4 Å². The summed E-state index contributed by atoms with van der Waals surface area (Å²) in [4.78, 5) is 27.5. The summed E-state index contributed by atoms with van der Waals surface area (Å²) in [6.45, 7) is 0. The van der Waals surface area contributed by atoms with E-state index in [-0.39, 0.29) is 28.3 Å². The monoisotopic (exact) mass is 384 g/mol. The molecule has 1 heterocycles. The van der Waals surface area contributed by atoms with Gasteiger partial charge in [0.05, 0.1) is 38.1 Å². The number of nitrogens with one attached hydrogen (secondary N) is 1. The fourth-order valence-corrected chi connectivity index (χ4v) is 2.15. The second-order valence-electron chi connectivity index (χ2n) is 5.13. The molecule has 0 saturated heterocycles. The Morgan fingerprint density at radius 1 is 1.04 bits per heavy atom. The lowest BCUT2D eigenvalue weighted by Gasteiger charge is -2.14. The molecular weight excluding hydrogens is 369 g/mol. The number of ether oxygens (including phenoxy) is 3. The van der Waals surface area contributed by atoms with Crippen molar-refractivity contribution in [2.75, 3.05) is 26.6 Å². The average molecular weight is 384 g/mol. The smallest absolute Gasteiger partial charge is 0.433 e. The number of aromatic nitrogens is 1. The van der Waals surface area contributed by atoms with Crippen LogP contribution in [0, 0.1) is 0 Å². The first-order valence-corrected chi connectivity index (χ1v) is 7.40. The van der Waals surface area contributed by atoms with E-state index in [1.807, 2.05) is 0 Å². The summed E-state index contributed by atoms with van der Waals surface area (Å²) in [7, 11) is 3.89. The predicted molar refractivity (Wildman–Crippen MR) is 88.1 cm³/mol. The van der Waals surface area contributed by atoms with E-state index in [9.17, 15) is 22.8 Å². The Morgan fingerprint density at radius 3 is 2.15 bits per heavy atom. The number of anilines is 1. The van der Waals surface area contributed by atoms with Crippen molar-refractivity contribution in [2.24, 2.45) is 0 Å². The third-order valence-electron chi connectivity index (χ3n) is 3.49. The van der Waals surface area contributed by atoms with E-state index in [2.05, 4.69) is 15.0 Å². The summed E-state index contributed by atoms with van der Waals surface area (Å²) in [6, 6.07) is 4.31. The van der Waals surface area contributed by atoms with Gasteiger partial charge in [0.15, 0.2) is 11.5 Å². The quantitative estimate of drug-likeness (QED) is 0.797. The molecule has 0 bridgehead atoms. The van der Waals surface area contributed by atoms with Gasteiger partial charge in [-0.15, -0.1) is 0 Å². The van der Waals surface area contributed by atoms with Gasteiger partial charge in [0.25, 0.3) is 5.91 Å². The predicted octanol–water partition coefficient (Wildman–Crippen LogP) is 3.16. The molecule has 0 saturated carbocycles. The van der Waals surface area contributed by atoms with Crippen LogP contribution in [0.25, 0.3) is 0 Å². The second kappa shape index (κ2) is 7.94. The maximum Gasteiger partial charge on any atom is 0.433 e. The van der Waals surface area contributed by atoms with Crippen molar-refractivity contribution in [3.8, 4) is 11.5 Å². The third kappa shape index (κ3) is 4.46. The molecule has 0 spiro atoms. The molecule has 1 aromatic carbocycles. The highest BCUT2D eigenvalue weighted by Gasteiger charge is 2.32. The van der Waals surface area contributed by atoms with Gasteiger partial charge in [-0.25, -0.2) is 4.79 Å². The van der Waals surface area contributed by atoms with Crippen molar-refractivity contribution in [2.45, 2.75) is 6.18 Å². The number of hydrogen-bond acceptors (Lipinski definition) is 6. The van der Waals surface area contributed by atoms with E-state index in [0.29, 0.717) is 6.07 Å². The van der Waals surface area contributed by atoms with E-state index < -0.39 is 23.7 Å². The van der Waals surface area contributed by atoms with Gasteiger partial charge >= 0.3 is 12.1 Å². The van der Waals surface area contributed by atoms with Gasteiger partial charge in [0.1, 0.15) is 5.69 Å². The lowest BCUT2D eigenvalue weighted by Crippen LogP contribution is -2.17. The Labute approximate surface area is 152 Å². The van der Waals surface area contributed by atoms with Crippen molar-refractivity contribution in [3.05, 3.63) is 47.3 Å². The average Bonchev–Trinajstić information content (AvgIpc) is 2.66. The number of esters is 1. The molecule has 0 aliphatic carbocycles. The van der Waals surface area contributed by atoms with Gasteiger partial charge in [-0.3, -0.25) is 9.78 Å². The highest BCUT2D eigenvalue weighted by atomic mass is 19.4. The van der Waals surface area contributed by atoms with Gasteiger partial charge in [0, 0.05) is 18.3 Å². The molecule has 1 amide bonds. The van der Waals surface area contributed by atoms with Gasteiger partial charge in [-0.1, -0.05) is 0 Å². The van der Waals surface area contributed by atoms with Crippen LogP contribution in [0.5, 0.6) is 11.5 Å². The van der Waals surface area contributed by atoms with Crippen LogP contribution >= 0.6 is 0 Å². The maximum atomic E-state index is 12.6. The number of amides is 1. The molecule has 0 fully saturated rings. The van der Waals surface area contributed by atoms with Crippen molar-refractivity contribution in [1.82, 2.24) is 4.98 Å². The first kappa shape index (κ1) is 20.0. The van der Waals surface area contributed by atoms with E-state index in [1.54, 1.807) is 0 Å². The number of halogens is 3. The van der Waals surface area contributed by atoms with Crippen LogP contribution in [0.3, 0.4) is 0 Å². The molecule has 0 radical (unpaired) electrons. The minimum atomic E-state index is -4.61. The first-order chi connectivity index (χ1) is 12.7. The Balaban J connectivity index is 2.37. The minimum absolute atomic E-state index is 0.0247. The van der Waals surface area contributed by atoms with E-state index in [0.717, 1.165) is 19.4 Å². The van der Waals surface area contributed by atoms with Gasteiger partial charge < -0.3 is 19.5 Å². The Morgan fingerprint density at radius 2 is 1.67 bits per heavy atom. The number of hydrogen-bond donors (Lipinski definition) is 1. The lowest BCUT2D eigenvalue weighted by atomic mass is 10.1. The normalized spacial score (nSPS) is 10.9. The largest absolute Gasteiger partial charge is 0.493 e. The zero-order chi connectivity index (χ0) is 20.2. The standard InChI is InChI=1S/C17H15F3N2O5/c1-25-12-6-10(16(24)27-3)11(7-13(12)26-2)22-15(23)9-4-5-14(21-8-9)17(18,19)20/h4-8H,1-3H3,(H,22,23). The van der Waals surface area contributed by atoms with Gasteiger partial charge in [-0.2, -0.15) is 13.2 Å². The number of nitrogens with zero attached hydrogens (tertiary/aromatic N) is 1. The molecule has 7 nitrogen and oxygen atoms in total. The van der Waals surface area contributed by atoms with Crippen LogP contribution in [-0.4, -0.2) is 38.2 Å². The number of alkyl halides is 3. The van der Waals surface area contributed by atoms with E-state index in [4.69, 9.17) is 9.47 Å². The maximum absolute atomic E-state index is 12.6. The zero-order valence-corrected chi connectivity index (χ0v) is 14.5. The fraction of sp³-hybridized carbons (Fsp3) is 0.235. The highest BCUT2D eigenvalue weighted by Crippen LogP contribution is 2.34. The topological polar surface area (TPSA) is 86.8 Å². The number of rotatable bonds is 5. The molecule has 1 N–H and O–H groups in total. The number of pyridine rings is 1. The third-order valence-corrected chi connectivity index (χ3v) is 3.49. The van der Waals surface area contributed by atoms with Crippen LogP contribution in [0.2, 0.25) is 0 Å². The zero-order valence-electron chi connectivity index (χ0n) is 14.5. The molecule has 27 heavy (non-hydrogen) atoms.